The number of ether oxygens (including phenoxy) is 2. The highest BCUT2D eigenvalue weighted by Crippen LogP contribution is 2.39. The van der Waals surface area contributed by atoms with E-state index in [1.807, 2.05) is 39.0 Å². The Bertz CT molecular complexity index is 960. The number of carbonyl (C=O) groups is 2. The van der Waals surface area contributed by atoms with Crippen molar-refractivity contribution >= 4 is 17.8 Å². The van der Waals surface area contributed by atoms with Crippen LogP contribution in [0.1, 0.15) is 39.7 Å². The highest BCUT2D eigenvalue weighted by molar-refractivity contribution is 5.89. The molecule has 2 amide bonds. The Kier molecular flexibility index (Phi) is 6.14. The van der Waals surface area contributed by atoms with Gasteiger partial charge in [-0.05, 0) is 43.0 Å². The lowest BCUT2D eigenvalue weighted by Gasteiger charge is -2.31. The molecule has 0 bridgehead atoms. The van der Waals surface area contributed by atoms with Gasteiger partial charge < -0.3 is 25.2 Å². The minimum atomic E-state index is -1.07. The van der Waals surface area contributed by atoms with Crippen molar-refractivity contribution in [3.63, 3.8) is 0 Å². The molecular formula is C22H27N3O5. The molecule has 3 N–H and O–H groups in total. The maximum Gasteiger partial charge on any atom is 0.405 e. The Hall–Kier alpha value is -3.29. The molecule has 0 radical (unpaired) electrons. The molecule has 2 aromatic rings. The molecule has 8 heteroatoms. The van der Waals surface area contributed by atoms with E-state index in [4.69, 9.17) is 9.47 Å². The van der Waals surface area contributed by atoms with Gasteiger partial charge >= 0.3 is 6.09 Å². The number of rotatable bonds is 7. The van der Waals surface area contributed by atoms with E-state index in [0.29, 0.717) is 36.3 Å². The molecule has 0 spiro atoms. The molecular weight excluding hydrogens is 386 g/mol. The van der Waals surface area contributed by atoms with Crippen LogP contribution >= 0.6 is 0 Å². The molecule has 30 heavy (non-hydrogen) atoms. The molecule has 160 valence electrons. The maximum absolute atomic E-state index is 11.3. The van der Waals surface area contributed by atoms with Crippen molar-refractivity contribution in [2.75, 3.05) is 11.9 Å². The minimum Gasteiger partial charge on any atom is -0.491 e. The number of hydrogen-bond acceptors (Lipinski definition) is 5. The number of amides is 2. The first-order valence-corrected chi connectivity index (χ1v) is 9.83. The highest BCUT2D eigenvalue weighted by atomic mass is 16.5. The number of nitrogens with one attached hydrogen (secondary N) is 2. The SMILES string of the molecule is CC(=O)Nc1cc2c(cn1)OCc1cc(OCC(C)(CC(C)C)NC(=O)O)ccc1-2. The molecule has 0 aliphatic carbocycles. The fourth-order valence-corrected chi connectivity index (χ4v) is 3.76. The number of hydrogen-bond donors (Lipinski definition) is 3. The van der Waals surface area contributed by atoms with Crippen LogP contribution in [0.3, 0.4) is 0 Å². The summed E-state index contributed by atoms with van der Waals surface area (Å²) in [6, 6.07) is 7.47. The van der Waals surface area contributed by atoms with Crippen molar-refractivity contribution < 1.29 is 24.2 Å². The third-order valence-corrected chi connectivity index (χ3v) is 4.75. The van der Waals surface area contributed by atoms with Gasteiger partial charge in [0.25, 0.3) is 0 Å². The first kappa shape index (κ1) is 21.4. The standard InChI is InChI=1S/C22H27N3O5/c1-13(2)9-22(4,25-21(27)28)12-30-16-5-6-17-15(7-16)11-29-19-10-23-20(8-18(17)19)24-14(3)26/h5-8,10,13,25H,9,11-12H2,1-4H3,(H,27,28)(H,23,24,26). The first-order valence-electron chi connectivity index (χ1n) is 9.83. The largest absolute Gasteiger partial charge is 0.491 e. The lowest BCUT2D eigenvalue weighted by atomic mass is 9.91. The lowest BCUT2D eigenvalue weighted by molar-refractivity contribution is -0.114. The van der Waals surface area contributed by atoms with Gasteiger partial charge in [0.2, 0.25) is 5.91 Å². The molecule has 3 rings (SSSR count). The van der Waals surface area contributed by atoms with E-state index in [9.17, 15) is 14.7 Å². The average molecular weight is 413 g/mol. The average Bonchev–Trinajstić information content (AvgIpc) is 2.64. The molecule has 1 atom stereocenters. The van der Waals surface area contributed by atoms with Crippen LogP contribution in [0.2, 0.25) is 0 Å². The first-order chi connectivity index (χ1) is 14.1. The van der Waals surface area contributed by atoms with Gasteiger partial charge in [0.1, 0.15) is 30.5 Å². The molecule has 0 saturated heterocycles. The van der Waals surface area contributed by atoms with Gasteiger partial charge in [0.05, 0.1) is 11.7 Å². The molecule has 1 aliphatic rings. The van der Waals surface area contributed by atoms with Crippen LogP contribution in [0.15, 0.2) is 30.5 Å². The van der Waals surface area contributed by atoms with Gasteiger partial charge in [-0.1, -0.05) is 19.9 Å². The maximum atomic E-state index is 11.3. The number of aromatic nitrogens is 1. The monoisotopic (exact) mass is 413 g/mol. The molecule has 1 unspecified atom stereocenters. The topological polar surface area (TPSA) is 110 Å². The summed E-state index contributed by atoms with van der Waals surface area (Å²) in [6.07, 6.45) is 1.18. The summed E-state index contributed by atoms with van der Waals surface area (Å²) in [4.78, 5) is 26.7. The predicted octanol–water partition coefficient (Wildman–Crippen LogP) is 4.05. The quantitative estimate of drug-likeness (QED) is 0.632. The number of carboxylic acid groups (broad SMARTS) is 1. The van der Waals surface area contributed by atoms with Crippen molar-refractivity contribution in [1.29, 1.82) is 0 Å². The zero-order chi connectivity index (χ0) is 21.9. The Morgan fingerprint density at radius 1 is 1.30 bits per heavy atom. The summed E-state index contributed by atoms with van der Waals surface area (Å²) in [5.74, 6) is 1.87. The third kappa shape index (κ3) is 5.20. The van der Waals surface area contributed by atoms with Crippen LogP contribution in [-0.4, -0.2) is 34.2 Å². The van der Waals surface area contributed by atoms with Crippen LogP contribution in [0.5, 0.6) is 11.5 Å². The highest BCUT2D eigenvalue weighted by Gasteiger charge is 2.29. The Morgan fingerprint density at radius 2 is 2.07 bits per heavy atom. The van der Waals surface area contributed by atoms with Crippen molar-refractivity contribution in [2.45, 2.75) is 46.3 Å². The van der Waals surface area contributed by atoms with Crippen LogP contribution < -0.4 is 20.1 Å². The van der Waals surface area contributed by atoms with E-state index in [1.165, 1.54) is 6.92 Å². The predicted molar refractivity (Wildman–Crippen MR) is 113 cm³/mol. The summed E-state index contributed by atoms with van der Waals surface area (Å²) in [6.45, 7) is 7.94. The van der Waals surface area contributed by atoms with E-state index >= 15 is 0 Å². The molecule has 2 heterocycles. The second-order valence-corrected chi connectivity index (χ2v) is 8.23. The molecule has 1 aromatic heterocycles. The molecule has 1 aliphatic heterocycles. The second-order valence-electron chi connectivity index (χ2n) is 8.23. The molecule has 1 aromatic carbocycles. The number of anilines is 1. The summed E-state index contributed by atoms with van der Waals surface area (Å²) in [5, 5.41) is 14.4. The normalized spacial score (nSPS) is 14.0. The van der Waals surface area contributed by atoms with Gasteiger partial charge in [0, 0.05) is 18.1 Å². The number of carbonyl (C=O) groups excluding carboxylic acids is 1. The van der Waals surface area contributed by atoms with Crippen LogP contribution in [-0.2, 0) is 11.4 Å². The summed E-state index contributed by atoms with van der Waals surface area (Å²) >= 11 is 0. The van der Waals surface area contributed by atoms with E-state index in [0.717, 1.165) is 16.7 Å². The number of benzene rings is 1. The van der Waals surface area contributed by atoms with Crippen molar-refractivity contribution in [1.82, 2.24) is 10.3 Å². The fourth-order valence-electron chi connectivity index (χ4n) is 3.76. The van der Waals surface area contributed by atoms with Crippen LogP contribution in [0.25, 0.3) is 11.1 Å². The van der Waals surface area contributed by atoms with E-state index in [1.54, 1.807) is 12.3 Å². The minimum absolute atomic E-state index is 0.192. The van der Waals surface area contributed by atoms with E-state index in [-0.39, 0.29) is 12.5 Å². The Labute approximate surface area is 175 Å². The summed E-state index contributed by atoms with van der Waals surface area (Å²) < 4.78 is 11.7. The van der Waals surface area contributed by atoms with Crippen LogP contribution in [0, 0.1) is 5.92 Å². The van der Waals surface area contributed by atoms with Gasteiger partial charge in [-0.3, -0.25) is 4.79 Å². The zero-order valence-electron chi connectivity index (χ0n) is 17.6. The van der Waals surface area contributed by atoms with Gasteiger partial charge in [-0.2, -0.15) is 0 Å². The number of fused-ring (bicyclic) bond motifs is 3. The number of pyridine rings is 1. The zero-order valence-corrected chi connectivity index (χ0v) is 17.6. The third-order valence-electron chi connectivity index (χ3n) is 4.75. The van der Waals surface area contributed by atoms with Gasteiger partial charge in [0.15, 0.2) is 0 Å². The van der Waals surface area contributed by atoms with Crippen molar-refractivity contribution in [3.05, 3.63) is 36.0 Å². The molecule has 8 nitrogen and oxygen atoms in total. The van der Waals surface area contributed by atoms with Crippen molar-refractivity contribution in [2.24, 2.45) is 5.92 Å². The van der Waals surface area contributed by atoms with Gasteiger partial charge in [-0.25, -0.2) is 9.78 Å². The Morgan fingerprint density at radius 3 is 2.73 bits per heavy atom. The lowest BCUT2D eigenvalue weighted by Crippen LogP contribution is -2.50. The van der Waals surface area contributed by atoms with E-state index < -0.39 is 11.6 Å². The van der Waals surface area contributed by atoms with Crippen LogP contribution in [0.4, 0.5) is 10.6 Å². The summed E-state index contributed by atoms with van der Waals surface area (Å²) in [5.41, 5.74) is 2.07. The van der Waals surface area contributed by atoms with Crippen molar-refractivity contribution in [3.8, 4) is 22.6 Å². The smallest absolute Gasteiger partial charge is 0.405 e. The second kappa shape index (κ2) is 8.61. The number of nitrogens with zero attached hydrogens (tertiary/aromatic N) is 1. The van der Waals surface area contributed by atoms with E-state index in [2.05, 4.69) is 15.6 Å². The fraction of sp³-hybridized carbons (Fsp3) is 0.409. The Balaban J connectivity index is 1.80. The van der Waals surface area contributed by atoms with Gasteiger partial charge in [-0.15, -0.1) is 0 Å². The summed E-state index contributed by atoms with van der Waals surface area (Å²) in [7, 11) is 0. The molecule has 0 saturated carbocycles. The molecule has 0 fully saturated rings.